The van der Waals surface area contributed by atoms with Crippen molar-refractivity contribution in [3.8, 4) is 11.5 Å². The van der Waals surface area contributed by atoms with Gasteiger partial charge in [0.15, 0.2) is 6.10 Å². The standard InChI is InChI=1S/C27H30O5/c1-29-21-7-8-23-18(15-21)4-3-5-22(17-10-12-31-13-11-17)26(23)19-6-9-24-20(14-19)16-25(32-24)27(28)30-2/h6-9,14-15,17,25H,3-5,10-13,16H2,1-2H3. The molecule has 1 atom stereocenters. The summed E-state index contributed by atoms with van der Waals surface area (Å²) >= 11 is 0. The monoisotopic (exact) mass is 434 g/mol. The van der Waals surface area contributed by atoms with Crippen LogP contribution < -0.4 is 9.47 Å². The van der Waals surface area contributed by atoms with Gasteiger partial charge in [0.2, 0.25) is 0 Å². The van der Waals surface area contributed by atoms with Crippen molar-refractivity contribution in [3.05, 3.63) is 64.2 Å². The number of carbonyl (C=O) groups excluding carboxylic acids is 1. The maximum absolute atomic E-state index is 12.0. The lowest BCUT2D eigenvalue weighted by molar-refractivity contribution is -0.147. The smallest absolute Gasteiger partial charge is 0.347 e. The van der Waals surface area contributed by atoms with Crippen molar-refractivity contribution in [2.75, 3.05) is 27.4 Å². The predicted molar refractivity (Wildman–Crippen MR) is 122 cm³/mol. The number of rotatable bonds is 4. The Morgan fingerprint density at radius 2 is 1.84 bits per heavy atom. The van der Waals surface area contributed by atoms with E-state index in [-0.39, 0.29) is 5.97 Å². The second-order valence-corrected chi connectivity index (χ2v) is 8.82. The van der Waals surface area contributed by atoms with Crippen molar-refractivity contribution in [2.24, 2.45) is 5.92 Å². The molecule has 2 aromatic carbocycles. The van der Waals surface area contributed by atoms with Gasteiger partial charge in [0.25, 0.3) is 0 Å². The number of ether oxygens (including phenoxy) is 4. The quantitative estimate of drug-likeness (QED) is 0.651. The van der Waals surface area contributed by atoms with E-state index in [0.29, 0.717) is 12.3 Å². The number of hydrogen-bond acceptors (Lipinski definition) is 5. The average molecular weight is 435 g/mol. The molecule has 1 unspecified atom stereocenters. The van der Waals surface area contributed by atoms with Crippen LogP contribution in [-0.4, -0.2) is 39.5 Å². The summed E-state index contributed by atoms with van der Waals surface area (Å²) < 4.78 is 21.9. The Labute approximate surface area is 189 Å². The summed E-state index contributed by atoms with van der Waals surface area (Å²) in [5, 5.41) is 0. The highest BCUT2D eigenvalue weighted by atomic mass is 16.6. The van der Waals surface area contributed by atoms with E-state index in [4.69, 9.17) is 18.9 Å². The van der Waals surface area contributed by atoms with Crippen molar-refractivity contribution >= 4 is 11.5 Å². The first kappa shape index (κ1) is 21.1. The maximum Gasteiger partial charge on any atom is 0.347 e. The Balaban J connectivity index is 1.62. The van der Waals surface area contributed by atoms with Crippen LogP contribution in [0.3, 0.4) is 0 Å². The molecular formula is C27H30O5. The van der Waals surface area contributed by atoms with Crippen LogP contribution >= 0.6 is 0 Å². The van der Waals surface area contributed by atoms with Gasteiger partial charge in [0.1, 0.15) is 11.5 Å². The highest BCUT2D eigenvalue weighted by Gasteiger charge is 2.31. The van der Waals surface area contributed by atoms with Crippen molar-refractivity contribution in [2.45, 2.75) is 44.6 Å². The molecule has 0 amide bonds. The lowest BCUT2D eigenvalue weighted by Gasteiger charge is -2.27. The molecule has 0 aromatic heterocycles. The van der Waals surface area contributed by atoms with E-state index in [2.05, 4.69) is 30.3 Å². The van der Waals surface area contributed by atoms with Crippen LogP contribution in [0.15, 0.2) is 42.0 Å². The predicted octanol–water partition coefficient (Wildman–Crippen LogP) is 4.74. The molecule has 2 aliphatic heterocycles. The number of carbonyl (C=O) groups is 1. The molecular weight excluding hydrogens is 404 g/mol. The third kappa shape index (κ3) is 3.90. The van der Waals surface area contributed by atoms with Gasteiger partial charge in [0, 0.05) is 19.6 Å². The van der Waals surface area contributed by atoms with Gasteiger partial charge in [-0.1, -0.05) is 17.7 Å². The van der Waals surface area contributed by atoms with E-state index in [1.54, 1.807) is 12.7 Å². The largest absolute Gasteiger partial charge is 0.497 e. The molecule has 5 heteroatoms. The second-order valence-electron chi connectivity index (χ2n) is 8.82. The number of esters is 1. The Hall–Kier alpha value is -2.79. The molecule has 1 saturated heterocycles. The first-order valence-electron chi connectivity index (χ1n) is 11.5. The molecule has 0 N–H and O–H groups in total. The van der Waals surface area contributed by atoms with Crippen molar-refractivity contribution in [1.82, 2.24) is 0 Å². The van der Waals surface area contributed by atoms with Crippen LogP contribution in [0.25, 0.3) is 5.57 Å². The summed E-state index contributed by atoms with van der Waals surface area (Å²) in [5.74, 6) is 1.90. The second kappa shape index (κ2) is 8.99. The highest BCUT2D eigenvalue weighted by Crippen LogP contribution is 2.43. The molecule has 0 radical (unpaired) electrons. The van der Waals surface area contributed by atoms with Gasteiger partial charge in [0.05, 0.1) is 14.2 Å². The van der Waals surface area contributed by atoms with Crippen LogP contribution in [0.5, 0.6) is 11.5 Å². The zero-order chi connectivity index (χ0) is 22.1. The first-order valence-corrected chi connectivity index (χ1v) is 11.5. The van der Waals surface area contributed by atoms with Gasteiger partial charge < -0.3 is 18.9 Å². The van der Waals surface area contributed by atoms with Gasteiger partial charge >= 0.3 is 5.97 Å². The average Bonchev–Trinajstić information content (AvgIpc) is 3.18. The number of aryl methyl sites for hydroxylation is 1. The maximum atomic E-state index is 12.0. The number of allylic oxidation sites excluding steroid dienone is 1. The summed E-state index contributed by atoms with van der Waals surface area (Å²) in [6.45, 7) is 1.66. The molecule has 5 rings (SSSR count). The first-order chi connectivity index (χ1) is 15.7. The summed E-state index contributed by atoms with van der Waals surface area (Å²) in [4.78, 5) is 12.0. The Bertz CT molecular complexity index is 1050. The fourth-order valence-corrected chi connectivity index (χ4v) is 5.38. The van der Waals surface area contributed by atoms with Crippen LogP contribution in [0.2, 0.25) is 0 Å². The van der Waals surface area contributed by atoms with Crippen LogP contribution in [-0.2, 0) is 27.1 Å². The van der Waals surface area contributed by atoms with E-state index in [0.717, 1.165) is 62.4 Å². The fraction of sp³-hybridized carbons (Fsp3) is 0.444. The lowest BCUT2D eigenvalue weighted by atomic mass is 9.81. The summed E-state index contributed by atoms with van der Waals surface area (Å²) in [6.07, 6.45) is 5.40. The van der Waals surface area contributed by atoms with E-state index in [9.17, 15) is 4.79 Å². The molecule has 2 heterocycles. The Morgan fingerprint density at radius 1 is 1.00 bits per heavy atom. The zero-order valence-corrected chi connectivity index (χ0v) is 18.8. The number of fused-ring (bicyclic) bond motifs is 2. The van der Waals surface area contributed by atoms with Crippen molar-refractivity contribution < 1.29 is 23.7 Å². The Morgan fingerprint density at radius 3 is 2.62 bits per heavy atom. The molecule has 32 heavy (non-hydrogen) atoms. The molecule has 1 fully saturated rings. The molecule has 5 nitrogen and oxygen atoms in total. The van der Waals surface area contributed by atoms with Crippen molar-refractivity contribution in [1.29, 1.82) is 0 Å². The minimum atomic E-state index is -0.556. The van der Waals surface area contributed by atoms with E-state index in [1.165, 1.54) is 29.4 Å². The number of hydrogen-bond donors (Lipinski definition) is 0. The summed E-state index contributed by atoms with van der Waals surface area (Å²) in [6, 6.07) is 12.8. The summed E-state index contributed by atoms with van der Waals surface area (Å²) in [5.41, 5.74) is 7.79. The Kier molecular flexibility index (Phi) is 5.92. The SMILES string of the molecule is COC(=O)C1Cc2cc(C3=C(C4CCOCC4)CCCc4cc(OC)ccc43)ccc2O1. The lowest BCUT2D eigenvalue weighted by Crippen LogP contribution is -2.26. The van der Waals surface area contributed by atoms with Gasteiger partial charge in [-0.3, -0.25) is 0 Å². The molecule has 3 aliphatic rings. The summed E-state index contributed by atoms with van der Waals surface area (Å²) in [7, 11) is 3.13. The van der Waals surface area contributed by atoms with Gasteiger partial charge in [-0.15, -0.1) is 0 Å². The number of benzene rings is 2. The van der Waals surface area contributed by atoms with Crippen molar-refractivity contribution in [3.63, 3.8) is 0 Å². The molecule has 1 aliphatic carbocycles. The van der Waals surface area contributed by atoms with Gasteiger partial charge in [-0.25, -0.2) is 4.79 Å². The van der Waals surface area contributed by atoms with E-state index in [1.807, 2.05) is 6.07 Å². The van der Waals surface area contributed by atoms with E-state index >= 15 is 0 Å². The molecule has 0 spiro atoms. The third-order valence-electron chi connectivity index (χ3n) is 7.00. The van der Waals surface area contributed by atoms with E-state index < -0.39 is 6.10 Å². The molecule has 168 valence electrons. The van der Waals surface area contributed by atoms with Crippen LogP contribution in [0.4, 0.5) is 0 Å². The molecule has 2 aromatic rings. The molecule has 0 saturated carbocycles. The zero-order valence-electron chi connectivity index (χ0n) is 18.8. The highest BCUT2D eigenvalue weighted by molar-refractivity contribution is 5.86. The van der Waals surface area contributed by atoms with Crippen LogP contribution in [0.1, 0.15) is 47.9 Å². The van der Waals surface area contributed by atoms with Crippen LogP contribution in [0, 0.1) is 5.92 Å². The number of methoxy groups -OCH3 is 2. The van der Waals surface area contributed by atoms with Gasteiger partial charge in [-0.2, -0.15) is 0 Å². The topological polar surface area (TPSA) is 54.0 Å². The normalized spacial score (nSPS) is 20.8. The molecule has 0 bridgehead atoms. The minimum Gasteiger partial charge on any atom is -0.497 e. The fourth-order valence-electron chi connectivity index (χ4n) is 5.38. The van der Waals surface area contributed by atoms with Gasteiger partial charge in [-0.05, 0) is 90.1 Å². The third-order valence-corrected chi connectivity index (χ3v) is 7.00. The minimum absolute atomic E-state index is 0.322.